The first-order chi connectivity index (χ1) is 13.1. The van der Waals surface area contributed by atoms with Crippen LogP contribution in [0.2, 0.25) is 0 Å². The molecule has 158 valence electrons. The Morgan fingerprint density at radius 2 is 1.55 bits per heavy atom. The summed E-state index contributed by atoms with van der Waals surface area (Å²) in [5.74, 6) is -5.01. The summed E-state index contributed by atoms with van der Waals surface area (Å²) in [5, 5.41) is 0.805. The molecule has 12 heteroatoms. The lowest BCUT2D eigenvalue weighted by Gasteiger charge is -2.35. The number of halogens is 6. The number of hydrogen-bond donors (Lipinski definition) is 1. The molecule has 0 bridgehead atoms. The van der Waals surface area contributed by atoms with E-state index in [1.807, 2.05) is 0 Å². The molecule has 2 aromatic rings. The Labute approximate surface area is 160 Å². The molecule has 0 aliphatic carbocycles. The van der Waals surface area contributed by atoms with Crippen molar-refractivity contribution in [2.75, 3.05) is 5.75 Å². The van der Waals surface area contributed by atoms with Crippen molar-refractivity contribution in [3.8, 4) is 0 Å². The quantitative estimate of drug-likeness (QED) is 0.422. The van der Waals surface area contributed by atoms with Crippen LogP contribution in [0.4, 0.5) is 26.3 Å². The van der Waals surface area contributed by atoms with Gasteiger partial charge in [0.1, 0.15) is 5.75 Å². The number of carbonyl (C=O) groups excluding carboxylic acids is 1. The van der Waals surface area contributed by atoms with Gasteiger partial charge in [-0.2, -0.15) is 34.8 Å². The molecule has 5 nitrogen and oxygen atoms in total. The second-order valence-corrected chi connectivity index (χ2v) is 7.42. The zero-order chi connectivity index (χ0) is 22.3. The van der Waals surface area contributed by atoms with Gasteiger partial charge in [-0.3, -0.25) is 4.55 Å². The van der Waals surface area contributed by atoms with Crippen LogP contribution >= 0.6 is 0 Å². The lowest BCUT2D eigenvalue weighted by Crippen LogP contribution is -2.63. The number of fused-ring (bicyclic) bond motifs is 1. The van der Waals surface area contributed by atoms with Crippen molar-refractivity contribution in [3.05, 3.63) is 54.1 Å². The summed E-state index contributed by atoms with van der Waals surface area (Å²) in [5.41, 5.74) is -5.58. The van der Waals surface area contributed by atoms with Crippen LogP contribution in [0, 0.1) is 0 Å². The number of benzene rings is 2. The van der Waals surface area contributed by atoms with Crippen molar-refractivity contribution in [2.45, 2.75) is 18.0 Å². The fraction of sp³-hybridized carbons (Fsp3) is 0.235. The van der Waals surface area contributed by atoms with Crippen LogP contribution < -0.4 is 0 Å². The average Bonchev–Trinajstić information content (AvgIpc) is 2.56. The van der Waals surface area contributed by atoms with Gasteiger partial charge in [-0.25, -0.2) is 4.79 Å². The standard InChI is InChI=1S/C17H12F6O5S/c1-2-10-3-4-11-5-6-12(8-13(11)7-10)14(24)28-15(16(18,19)20,17(21,22)23)9-29(25,26)27/h2-8H,1,9H2,(H,25,26,27). The molecule has 0 unspecified atom stereocenters. The van der Waals surface area contributed by atoms with Crippen molar-refractivity contribution in [2.24, 2.45) is 0 Å². The summed E-state index contributed by atoms with van der Waals surface area (Å²) in [6.45, 7) is 3.51. The number of carbonyl (C=O) groups is 1. The molecule has 0 aliphatic heterocycles. The highest BCUT2D eigenvalue weighted by Gasteiger charge is 2.76. The topological polar surface area (TPSA) is 80.7 Å². The zero-order valence-electron chi connectivity index (χ0n) is 14.2. The molecule has 2 rings (SSSR count). The van der Waals surface area contributed by atoms with Gasteiger partial charge >= 0.3 is 23.9 Å². The third-order valence-corrected chi connectivity index (χ3v) is 4.68. The van der Waals surface area contributed by atoms with E-state index in [-0.39, 0.29) is 5.39 Å². The fourth-order valence-corrected chi connectivity index (χ4v) is 3.36. The predicted octanol–water partition coefficient (Wildman–Crippen LogP) is 4.39. The van der Waals surface area contributed by atoms with Gasteiger partial charge < -0.3 is 4.74 Å². The number of esters is 1. The summed E-state index contributed by atoms with van der Waals surface area (Å²) in [4.78, 5) is 12.1. The maximum absolute atomic E-state index is 13.2. The predicted molar refractivity (Wildman–Crippen MR) is 90.7 cm³/mol. The molecule has 0 fully saturated rings. The molecule has 0 atom stereocenters. The minimum Gasteiger partial charge on any atom is -0.435 e. The molecule has 0 saturated carbocycles. The number of rotatable bonds is 5. The first kappa shape index (κ1) is 22.7. The smallest absolute Gasteiger partial charge is 0.435 e. The Hall–Kier alpha value is -2.60. The van der Waals surface area contributed by atoms with Gasteiger partial charge in [0.25, 0.3) is 10.1 Å². The van der Waals surface area contributed by atoms with Crippen LogP contribution in [0.15, 0.2) is 43.0 Å². The zero-order valence-corrected chi connectivity index (χ0v) is 15.0. The highest BCUT2D eigenvalue weighted by atomic mass is 32.2. The SMILES string of the molecule is C=Cc1ccc2ccc(C(=O)OC(CS(=O)(=O)O)(C(F)(F)F)C(F)(F)F)cc2c1. The molecule has 0 amide bonds. The number of ether oxygens (including phenoxy) is 1. The van der Waals surface area contributed by atoms with Crippen LogP contribution in [0.25, 0.3) is 16.8 Å². The van der Waals surface area contributed by atoms with Crippen molar-refractivity contribution < 1.29 is 48.8 Å². The molecule has 29 heavy (non-hydrogen) atoms. The average molecular weight is 442 g/mol. The van der Waals surface area contributed by atoms with Crippen molar-refractivity contribution in [1.82, 2.24) is 0 Å². The molecule has 0 radical (unpaired) electrons. The van der Waals surface area contributed by atoms with Gasteiger partial charge in [-0.1, -0.05) is 30.9 Å². The third-order valence-electron chi connectivity index (χ3n) is 3.90. The summed E-state index contributed by atoms with van der Waals surface area (Å²) in [7, 11) is -5.85. The van der Waals surface area contributed by atoms with Gasteiger partial charge in [0.05, 0.1) is 5.56 Å². The number of hydrogen-bond acceptors (Lipinski definition) is 4. The van der Waals surface area contributed by atoms with E-state index in [0.29, 0.717) is 10.9 Å². The molecular formula is C17H12F6O5S. The lowest BCUT2D eigenvalue weighted by molar-refractivity contribution is -0.356. The van der Waals surface area contributed by atoms with Crippen molar-refractivity contribution in [1.29, 1.82) is 0 Å². The van der Waals surface area contributed by atoms with Crippen molar-refractivity contribution >= 4 is 32.9 Å². The first-order valence-corrected chi connectivity index (χ1v) is 9.19. The van der Waals surface area contributed by atoms with Crippen LogP contribution in [0.5, 0.6) is 0 Å². The minimum absolute atomic E-state index is 0.288. The van der Waals surface area contributed by atoms with Crippen LogP contribution in [0.1, 0.15) is 15.9 Å². The van der Waals surface area contributed by atoms with E-state index in [2.05, 4.69) is 11.3 Å². The summed E-state index contributed by atoms with van der Waals surface area (Å²) in [6.07, 6.45) is -11.3. The monoisotopic (exact) mass is 442 g/mol. The second kappa shape index (κ2) is 7.34. The van der Waals surface area contributed by atoms with Crippen LogP contribution in [-0.2, 0) is 14.9 Å². The third kappa shape index (κ3) is 4.70. The second-order valence-electron chi connectivity index (χ2n) is 5.96. The molecule has 2 aromatic carbocycles. The van der Waals surface area contributed by atoms with Crippen molar-refractivity contribution in [3.63, 3.8) is 0 Å². The minimum atomic E-state index is -6.39. The summed E-state index contributed by atoms with van der Waals surface area (Å²) < 4.78 is 114. The summed E-state index contributed by atoms with van der Waals surface area (Å²) >= 11 is 0. The fourth-order valence-electron chi connectivity index (χ4n) is 2.46. The molecular weight excluding hydrogens is 430 g/mol. The highest BCUT2D eigenvalue weighted by Crippen LogP contribution is 2.47. The molecule has 0 aliphatic rings. The van der Waals surface area contributed by atoms with E-state index in [1.165, 1.54) is 18.2 Å². The molecule has 0 aromatic heterocycles. The normalized spacial score (nSPS) is 13.3. The van der Waals surface area contributed by atoms with E-state index >= 15 is 0 Å². The Morgan fingerprint density at radius 3 is 2.03 bits per heavy atom. The molecule has 0 heterocycles. The van der Waals surface area contributed by atoms with Crippen LogP contribution in [0.3, 0.4) is 0 Å². The van der Waals surface area contributed by atoms with E-state index < -0.39 is 45.4 Å². The number of alkyl halides is 6. The Morgan fingerprint density at radius 1 is 1.00 bits per heavy atom. The Bertz CT molecular complexity index is 1040. The lowest BCUT2D eigenvalue weighted by atomic mass is 10.0. The van der Waals surface area contributed by atoms with Gasteiger partial charge in [-0.15, -0.1) is 0 Å². The maximum atomic E-state index is 13.2. The first-order valence-electron chi connectivity index (χ1n) is 7.58. The van der Waals surface area contributed by atoms with Gasteiger partial charge in [0.2, 0.25) is 0 Å². The Kier molecular flexibility index (Phi) is 5.74. The Balaban J connectivity index is 2.57. The van der Waals surface area contributed by atoms with E-state index in [9.17, 15) is 39.6 Å². The maximum Gasteiger partial charge on any atom is 0.438 e. The largest absolute Gasteiger partial charge is 0.438 e. The van der Waals surface area contributed by atoms with Gasteiger partial charge in [-0.05, 0) is 34.5 Å². The van der Waals surface area contributed by atoms with Crippen LogP contribution in [-0.4, -0.2) is 42.6 Å². The van der Waals surface area contributed by atoms with Gasteiger partial charge in [0, 0.05) is 0 Å². The van der Waals surface area contributed by atoms with Gasteiger partial charge in [0.15, 0.2) is 0 Å². The van der Waals surface area contributed by atoms with E-state index in [4.69, 9.17) is 4.55 Å². The van der Waals surface area contributed by atoms with E-state index in [0.717, 1.165) is 12.1 Å². The van der Waals surface area contributed by atoms with E-state index in [1.54, 1.807) is 12.1 Å². The molecule has 0 saturated heterocycles. The molecule has 1 N–H and O–H groups in total. The highest BCUT2D eigenvalue weighted by molar-refractivity contribution is 7.85. The molecule has 0 spiro atoms. The summed E-state index contributed by atoms with van der Waals surface area (Å²) in [6, 6.07) is 7.84.